The summed E-state index contributed by atoms with van der Waals surface area (Å²) in [6.07, 6.45) is 4.68. The lowest BCUT2D eigenvalue weighted by Crippen LogP contribution is -2.36. The van der Waals surface area contributed by atoms with Crippen LogP contribution in [0.2, 0.25) is 0 Å². The lowest BCUT2D eigenvalue weighted by Gasteiger charge is -2.25. The molecule has 92 valence electrons. The Kier molecular flexibility index (Phi) is 2.55. The first-order valence-electron chi connectivity index (χ1n) is 5.72. The van der Waals surface area contributed by atoms with E-state index in [0.29, 0.717) is 6.54 Å². The molecule has 0 radical (unpaired) electrons. The van der Waals surface area contributed by atoms with Crippen molar-refractivity contribution in [2.24, 2.45) is 0 Å². The van der Waals surface area contributed by atoms with Gasteiger partial charge in [0.1, 0.15) is 0 Å². The fourth-order valence-electron chi connectivity index (χ4n) is 2.14. The third-order valence-electron chi connectivity index (χ3n) is 3.00. The normalized spacial score (nSPS) is 14.4. The van der Waals surface area contributed by atoms with Gasteiger partial charge in [0.15, 0.2) is 11.5 Å². The van der Waals surface area contributed by atoms with Crippen LogP contribution in [-0.4, -0.2) is 27.6 Å². The molecular weight excluding hydrogens is 235 g/mol. The summed E-state index contributed by atoms with van der Waals surface area (Å²) in [7, 11) is 0. The van der Waals surface area contributed by atoms with Gasteiger partial charge < -0.3 is 4.90 Å². The van der Waals surface area contributed by atoms with Crippen molar-refractivity contribution in [1.29, 1.82) is 0 Å². The number of rotatable bonds is 1. The minimum Gasteiger partial charge on any atom is -0.304 e. The average Bonchev–Trinajstić information content (AvgIpc) is 2.86. The number of nitrogens with zero attached hydrogens (tertiary/aromatic N) is 3. The number of aromatic nitrogens is 3. The van der Waals surface area contributed by atoms with Gasteiger partial charge in [-0.25, -0.2) is 9.37 Å². The Morgan fingerprint density at radius 1 is 1.50 bits per heavy atom. The minimum atomic E-state index is -0.599. The highest BCUT2D eigenvalue weighted by atomic mass is 19.1. The highest BCUT2D eigenvalue weighted by molar-refractivity contribution is 6.05. The summed E-state index contributed by atoms with van der Waals surface area (Å²) in [5.41, 5.74) is 1.48. The van der Waals surface area contributed by atoms with Gasteiger partial charge in [0, 0.05) is 12.7 Å². The Morgan fingerprint density at radius 2 is 2.39 bits per heavy atom. The van der Waals surface area contributed by atoms with E-state index in [1.165, 1.54) is 23.2 Å². The summed E-state index contributed by atoms with van der Waals surface area (Å²) in [5.74, 6) is -1.02. The lowest BCUT2D eigenvalue weighted by atomic mass is 10.1. The molecule has 18 heavy (non-hydrogen) atoms. The molecule has 0 fully saturated rings. The van der Waals surface area contributed by atoms with Gasteiger partial charge in [0.25, 0.3) is 5.91 Å². The summed E-state index contributed by atoms with van der Waals surface area (Å²) in [4.78, 5) is 17.6. The number of nitrogens with one attached hydrogen (secondary N) is 1. The van der Waals surface area contributed by atoms with Crippen LogP contribution >= 0.6 is 0 Å². The molecule has 5 nitrogen and oxygen atoms in total. The van der Waals surface area contributed by atoms with Gasteiger partial charge in [0.2, 0.25) is 0 Å². The zero-order valence-electron chi connectivity index (χ0n) is 9.56. The van der Waals surface area contributed by atoms with Gasteiger partial charge in [-0.1, -0.05) is 0 Å². The van der Waals surface area contributed by atoms with Crippen molar-refractivity contribution in [2.45, 2.75) is 12.8 Å². The minimum absolute atomic E-state index is 0.147. The number of amides is 1. The summed E-state index contributed by atoms with van der Waals surface area (Å²) in [6.45, 7) is 0.557. The predicted molar refractivity (Wildman–Crippen MR) is 62.8 cm³/mol. The van der Waals surface area contributed by atoms with Crippen LogP contribution in [0.3, 0.4) is 0 Å². The van der Waals surface area contributed by atoms with Crippen molar-refractivity contribution < 1.29 is 9.18 Å². The maximum absolute atomic E-state index is 13.6. The van der Waals surface area contributed by atoms with E-state index < -0.39 is 11.7 Å². The molecule has 0 atom stereocenters. The summed E-state index contributed by atoms with van der Waals surface area (Å²) >= 11 is 0. The summed E-state index contributed by atoms with van der Waals surface area (Å²) in [6, 6.07) is 2.70. The first-order valence-corrected chi connectivity index (χ1v) is 5.72. The lowest BCUT2D eigenvalue weighted by molar-refractivity contribution is 0.0976. The molecule has 1 aliphatic heterocycles. The summed E-state index contributed by atoms with van der Waals surface area (Å²) < 4.78 is 13.6. The fourth-order valence-corrected chi connectivity index (χ4v) is 2.14. The number of carbonyl (C=O) groups excluding carboxylic acids is 1. The highest BCUT2D eigenvalue weighted by Gasteiger charge is 2.27. The SMILES string of the molecule is O=C(c1ncccc1F)N1CCCc2[nH]ncc21. The molecule has 0 saturated carbocycles. The van der Waals surface area contributed by atoms with Crippen molar-refractivity contribution in [2.75, 3.05) is 11.4 Å². The molecule has 2 aromatic rings. The van der Waals surface area contributed by atoms with E-state index in [2.05, 4.69) is 15.2 Å². The molecule has 0 spiro atoms. The molecule has 3 rings (SSSR count). The molecule has 0 aromatic carbocycles. The monoisotopic (exact) mass is 246 g/mol. The first-order chi connectivity index (χ1) is 8.77. The molecule has 1 N–H and O–H groups in total. The van der Waals surface area contributed by atoms with Crippen molar-refractivity contribution in [3.8, 4) is 0 Å². The Labute approximate surface area is 103 Å². The van der Waals surface area contributed by atoms with Crippen molar-refractivity contribution >= 4 is 11.6 Å². The Hall–Kier alpha value is -2.24. The molecule has 0 unspecified atom stereocenters. The van der Waals surface area contributed by atoms with Crippen LogP contribution < -0.4 is 4.90 Å². The number of fused-ring (bicyclic) bond motifs is 1. The van der Waals surface area contributed by atoms with Gasteiger partial charge in [-0.2, -0.15) is 5.10 Å². The van der Waals surface area contributed by atoms with Gasteiger partial charge in [-0.3, -0.25) is 9.89 Å². The molecule has 1 aliphatic rings. The number of H-pyrrole nitrogens is 1. The van der Waals surface area contributed by atoms with E-state index >= 15 is 0 Å². The number of anilines is 1. The zero-order chi connectivity index (χ0) is 12.5. The number of hydrogen-bond acceptors (Lipinski definition) is 3. The fraction of sp³-hybridized carbons (Fsp3) is 0.250. The zero-order valence-corrected chi connectivity index (χ0v) is 9.56. The smallest absolute Gasteiger partial charge is 0.280 e. The second kappa shape index (κ2) is 4.21. The van der Waals surface area contributed by atoms with E-state index in [9.17, 15) is 9.18 Å². The first kappa shape index (κ1) is 10.9. The van der Waals surface area contributed by atoms with E-state index in [4.69, 9.17) is 0 Å². The number of aromatic amines is 1. The van der Waals surface area contributed by atoms with Crippen LogP contribution in [0, 0.1) is 5.82 Å². The van der Waals surface area contributed by atoms with Crippen LogP contribution in [-0.2, 0) is 6.42 Å². The van der Waals surface area contributed by atoms with Crippen LogP contribution in [0.4, 0.5) is 10.1 Å². The van der Waals surface area contributed by atoms with E-state index in [-0.39, 0.29) is 5.69 Å². The quantitative estimate of drug-likeness (QED) is 0.830. The van der Waals surface area contributed by atoms with Crippen LogP contribution in [0.25, 0.3) is 0 Å². The number of pyridine rings is 1. The standard InChI is InChI=1S/C12H11FN4O/c13-8-3-1-5-14-11(8)12(18)17-6-2-4-9-10(17)7-15-16-9/h1,3,5,7H,2,4,6H2,(H,15,16). The molecule has 2 aromatic heterocycles. The van der Waals surface area contributed by atoms with Gasteiger partial charge in [-0.05, 0) is 25.0 Å². The number of halogens is 1. The topological polar surface area (TPSA) is 61.9 Å². The van der Waals surface area contributed by atoms with Crippen LogP contribution in [0.5, 0.6) is 0 Å². The van der Waals surface area contributed by atoms with E-state index in [0.717, 1.165) is 24.2 Å². The largest absolute Gasteiger partial charge is 0.304 e. The van der Waals surface area contributed by atoms with Gasteiger partial charge in [0.05, 0.1) is 17.6 Å². The van der Waals surface area contributed by atoms with Crippen LogP contribution in [0.1, 0.15) is 22.6 Å². The third kappa shape index (κ3) is 1.66. The number of carbonyl (C=O) groups is 1. The van der Waals surface area contributed by atoms with Crippen LogP contribution in [0.15, 0.2) is 24.5 Å². The van der Waals surface area contributed by atoms with E-state index in [1.54, 1.807) is 6.20 Å². The molecule has 6 heteroatoms. The van der Waals surface area contributed by atoms with Gasteiger partial charge in [-0.15, -0.1) is 0 Å². The molecule has 0 bridgehead atoms. The van der Waals surface area contributed by atoms with E-state index in [1.807, 2.05) is 0 Å². The molecular formula is C12H11FN4O. The molecule has 3 heterocycles. The molecule has 0 saturated heterocycles. The Bertz CT molecular complexity index is 595. The highest BCUT2D eigenvalue weighted by Crippen LogP contribution is 2.26. The molecule has 0 aliphatic carbocycles. The third-order valence-corrected chi connectivity index (χ3v) is 3.00. The van der Waals surface area contributed by atoms with Gasteiger partial charge >= 0.3 is 0 Å². The molecule has 1 amide bonds. The van der Waals surface area contributed by atoms with Crippen molar-refractivity contribution in [1.82, 2.24) is 15.2 Å². The van der Waals surface area contributed by atoms with Crippen molar-refractivity contribution in [3.05, 3.63) is 41.7 Å². The number of hydrogen-bond donors (Lipinski definition) is 1. The Balaban J connectivity index is 1.98. The Morgan fingerprint density at radius 3 is 3.22 bits per heavy atom. The second-order valence-corrected chi connectivity index (χ2v) is 4.13. The average molecular weight is 246 g/mol. The number of aryl methyl sites for hydroxylation is 1. The maximum Gasteiger partial charge on any atom is 0.280 e. The predicted octanol–water partition coefficient (Wildman–Crippen LogP) is 1.54. The second-order valence-electron chi connectivity index (χ2n) is 4.13. The maximum atomic E-state index is 13.6. The van der Waals surface area contributed by atoms with Crippen molar-refractivity contribution in [3.63, 3.8) is 0 Å². The summed E-state index contributed by atoms with van der Waals surface area (Å²) in [5, 5.41) is 6.77.